The predicted octanol–water partition coefficient (Wildman–Crippen LogP) is 10.5. The molecule has 5 aromatic carbocycles. The fraction of sp³-hybridized carbons (Fsp3) is 0.143. The monoisotopic (exact) mass is 807 g/mol. The summed E-state index contributed by atoms with van der Waals surface area (Å²) in [7, 11) is 2.10. The molecule has 0 fully saturated rings. The Morgan fingerprint density at radius 2 is 1.44 bits per heavy atom. The van der Waals surface area contributed by atoms with Gasteiger partial charge >= 0.3 is 196 Å². The van der Waals surface area contributed by atoms with Gasteiger partial charge in [-0.3, -0.25) is 0 Å². The predicted molar refractivity (Wildman–Crippen MR) is 192 cm³/mol. The van der Waals surface area contributed by atoms with Gasteiger partial charge in [-0.05, 0) is 34.2 Å². The van der Waals surface area contributed by atoms with E-state index in [2.05, 4.69) is 183 Å². The van der Waals surface area contributed by atoms with Crippen LogP contribution < -0.4 is 9.64 Å². The second kappa shape index (κ2) is 11.9. The molecule has 3 heterocycles. The number of aryl methyl sites for hydroxylation is 1. The van der Waals surface area contributed by atoms with Crippen molar-refractivity contribution in [1.82, 2.24) is 14.1 Å². The Balaban J connectivity index is 1.21. The van der Waals surface area contributed by atoms with Crippen molar-refractivity contribution in [2.75, 3.05) is 4.90 Å². The van der Waals surface area contributed by atoms with Crippen LogP contribution in [0, 0.1) is 3.80 Å². The van der Waals surface area contributed by atoms with Crippen LogP contribution in [0.2, 0.25) is 0 Å². The summed E-state index contributed by atoms with van der Waals surface area (Å²) in [5, 5.41) is 0. The second-order valence-electron chi connectivity index (χ2n) is 13.4. The van der Waals surface area contributed by atoms with Crippen molar-refractivity contribution in [3.05, 3.63) is 149 Å². The zero-order chi connectivity index (χ0) is 33.0. The van der Waals surface area contributed by atoms with E-state index in [0.29, 0.717) is 6.54 Å². The zero-order valence-corrected chi connectivity index (χ0v) is 29.7. The molecule has 0 saturated heterocycles. The van der Waals surface area contributed by atoms with Crippen molar-refractivity contribution in [2.24, 2.45) is 7.05 Å². The van der Waals surface area contributed by atoms with Crippen molar-refractivity contribution in [3.63, 3.8) is 0 Å². The van der Waals surface area contributed by atoms with Crippen LogP contribution in [0.25, 0.3) is 39.0 Å². The summed E-state index contributed by atoms with van der Waals surface area (Å²) >= 11 is 2.39. The first-order valence-electron chi connectivity index (χ1n) is 16.2. The fourth-order valence-corrected chi connectivity index (χ4v) is 7.49. The van der Waals surface area contributed by atoms with Gasteiger partial charge in [-0.2, -0.15) is 0 Å². The molecule has 0 unspecified atom stereocenters. The molecular formula is C42H36N4OPt. The Morgan fingerprint density at radius 3 is 2.25 bits per heavy atom. The molecule has 0 spiro atoms. The number of para-hydroxylation sites is 2. The molecule has 1 aliphatic heterocycles. The van der Waals surface area contributed by atoms with E-state index in [9.17, 15) is 0 Å². The van der Waals surface area contributed by atoms with Crippen LogP contribution in [0.15, 0.2) is 134 Å². The molecule has 0 radical (unpaired) electrons. The molecule has 1 aliphatic rings. The molecule has 8 rings (SSSR count). The van der Waals surface area contributed by atoms with Crippen molar-refractivity contribution in [2.45, 2.75) is 32.7 Å². The van der Waals surface area contributed by atoms with Gasteiger partial charge in [0, 0.05) is 6.20 Å². The van der Waals surface area contributed by atoms with E-state index < -0.39 is 0 Å². The van der Waals surface area contributed by atoms with Crippen molar-refractivity contribution < 1.29 is 24.1 Å². The first-order valence-corrected chi connectivity index (χ1v) is 17.4. The second-order valence-corrected chi connectivity index (χ2v) is 14.4. The molecule has 0 saturated carbocycles. The summed E-state index contributed by atoms with van der Waals surface area (Å²) in [4.78, 5) is 7.24. The number of hydrogen-bond acceptors (Lipinski definition) is 3. The van der Waals surface area contributed by atoms with Gasteiger partial charge in [0.2, 0.25) is 0 Å². The molecule has 5 nitrogen and oxygen atoms in total. The third-order valence-electron chi connectivity index (χ3n) is 9.20. The number of aromatic nitrogens is 3. The fourth-order valence-electron chi connectivity index (χ4n) is 6.65. The molecule has 0 amide bonds. The molecule has 6 heteroatoms. The number of hydrogen-bond donors (Lipinski definition) is 0. The maximum atomic E-state index is 6.62. The normalized spacial score (nSPS) is 12.6. The zero-order valence-electron chi connectivity index (χ0n) is 27.4. The first-order chi connectivity index (χ1) is 23.2. The summed E-state index contributed by atoms with van der Waals surface area (Å²) in [5.74, 6) is 2.50. The Kier molecular flexibility index (Phi) is 7.53. The van der Waals surface area contributed by atoms with E-state index in [1.807, 2.05) is 12.3 Å². The molecule has 240 valence electrons. The Hall–Kier alpha value is -4.99. The van der Waals surface area contributed by atoms with Crippen molar-refractivity contribution in [3.8, 4) is 39.4 Å². The molecule has 48 heavy (non-hydrogen) atoms. The van der Waals surface area contributed by atoms with Gasteiger partial charge in [0.1, 0.15) is 0 Å². The summed E-state index contributed by atoms with van der Waals surface area (Å²) in [6.45, 7) is 7.44. The van der Waals surface area contributed by atoms with Crippen LogP contribution in [0.3, 0.4) is 0 Å². The Bertz CT molecular complexity index is 2380. The Morgan fingerprint density at radius 1 is 0.688 bits per heavy atom. The van der Waals surface area contributed by atoms with Gasteiger partial charge in [0.15, 0.2) is 0 Å². The SMILES string of the molecule is Cn1[c](=[Pt])n(-c2cccc(Oc3ccc4c(c3)N(c3cc(C(C)(C)C)ccn3)Cc3cc(-c5ccccc5)ccc3-4)c2)c2ccccc21. The molecule has 7 aromatic rings. The number of imidazole rings is 1. The van der Waals surface area contributed by atoms with E-state index in [0.717, 1.165) is 38.0 Å². The minimum absolute atomic E-state index is 0.00458. The van der Waals surface area contributed by atoms with Crippen LogP contribution in [0.4, 0.5) is 11.5 Å². The summed E-state index contributed by atoms with van der Waals surface area (Å²) in [6, 6.07) is 45.0. The standard InChI is InChI=1S/C42H36N4O.Pt/c1-42(2,3)32-21-22-43-41(24-32)45-27-31-23-30(29-11-6-5-7-12-29)17-19-36(31)37-20-18-35(26-40(37)45)47-34-14-10-13-33(25-34)46-28-44(4)38-15-8-9-16-39(38)46;/h5-26H,27H2,1-4H3;. The third kappa shape index (κ3) is 5.42. The number of nitrogens with zero attached hydrogens (tertiary/aromatic N) is 4. The molecule has 0 aliphatic carbocycles. The number of fused-ring (bicyclic) bond motifs is 4. The Labute approximate surface area is 292 Å². The van der Waals surface area contributed by atoms with Gasteiger partial charge < -0.3 is 0 Å². The molecule has 0 atom stereocenters. The van der Waals surface area contributed by atoms with Crippen molar-refractivity contribution in [1.29, 1.82) is 0 Å². The van der Waals surface area contributed by atoms with E-state index in [4.69, 9.17) is 9.72 Å². The number of rotatable bonds is 5. The van der Waals surface area contributed by atoms with Crippen LogP contribution >= 0.6 is 0 Å². The number of pyridine rings is 1. The third-order valence-corrected chi connectivity index (χ3v) is 10.5. The topological polar surface area (TPSA) is 35.2 Å². The summed E-state index contributed by atoms with van der Waals surface area (Å²) in [5.41, 5.74) is 11.8. The first kappa shape index (κ1) is 30.3. The summed E-state index contributed by atoms with van der Waals surface area (Å²) < 4.78 is 12.2. The molecule has 2 aromatic heterocycles. The van der Waals surface area contributed by atoms with Gasteiger partial charge in [0.05, 0.1) is 0 Å². The van der Waals surface area contributed by atoms with Crippen molar-refractivity contribution >= 4 is 22.5 Å². The molecule has 0 bridgehead atoms. The molecule has 0 N–H and O–H groups in total. The number of ether oxygens (including phenoxy) is 1. The van der Waals surface area contributed by atoms with Gasteiger partial charge in [-0.1, -0.05) is 57.2 Å². The van der Waals surface area contributed by atoms with E-state index >= 15 is 0 Å². The average molecular weight is 808 g/mol. The van der Waals surface area contributed by atoms with Crippen LogP contribution in [-0.4, -0.2) is 14.1 Å². The van der Waals surface area contributed by atoms with Gasteiger partial charge in [0.25, 0.3) is 0 Å². The van der Waals surface area contributed by atoms with Crippen LogP contribution in [0.5, 0.6) is 11.5 Å². The molecular weight excluding hydrogens is 772 g/mol. The van der Waals surface area contributed by atoms with Gasteiger partial charge in [-0.25, -0.2) is 0 Å². The number of benzene rings is 5. The van der Waals surface area contributed by atoms with E-state index in [1.54, 1.807) is 0 Å². The quantitative estimate of drug-likeness (QED) is 0.174. The number of anilines is 2. The van der Waals surface area contributed by atoms with E-state index in [-0.39, 0.29) is 5.41 Å². The van der Waals surface area contributed by atoms with E-state index in [1.165, 1.54) is 38.9 Å². The van der Waals surface area contributed by atoms with Crippen LogP contribution in [-0.2, 0) is 38.4 Å². The maximum absolute atomic E-state index is 6.62. The average Bonchev–Trinajstić information content (AvgIpc) is 3.36. The van der Waals surface area contributed by atoms with Crippen LogP contribution in [0.1, 0.15) is 31.9 Å². The summed E-state index contributed by atoms with van der Waals surface area (Å²) in [6.07, 6.45) is 1.93. The minimum atomic E-state index is 0.00458. The van der Waals surface area contributed by atoms with Gasteiger partial charge in [-0.15, -0.1) is 0 Å².